The van der Waals surface area contributed by atoms with E-state index in [0.717, 1.165) is 0 Å². The lowest BCUT2D eigenvalue weighted by Gasteiger charge is -1.84. The van der Waals surface area contributed by atoms with Gasteiger partial charge in [-0.15, -0.1) is 0 Å². The molecule has 1 atom stereocenters. The Hall–Kier alpha value is -1.05. The summed E-state index contributed by atoms with van der Waals surface area (Å²) < 4.78 is 0. The monoisotopic (exact) mass is 122 g/mol. The SMILES string of the molecule is CC1=C[C@H]1/C=C/C(=N)N. The molecule has 3 N–H and O–H groups in total. The Balaban J connectivity index is 2.28. The zero-order chi connectivity index (χ0) is 6.85. The highest BCUT2D eigenvalue weighted by atomic mass is 14.7. The van der Waals surface area contributed by atoms with Crippen molar-refractivity contribution in [2.45, 2.75) is 6.92 Å². The van der Waals surface area contributed by atoms with Crippen molar-refractivity contribution in [3.63, 3.8) is 0 Å². The fourth-order valence-corrected chi connectivity index (χ4v) is 0.650. The van der Waals surface area contributed by atoms with Gasteiger partial charge in [0.05, 0.1) is 0 Å². The Bertz CT molecular complexity index is 189. The Morgan fingerprint density at radius 3 is 2.78 bits per heavy atom. The molecule has 1 aliphatic carbocycles. The molecule has 0 fully saturated rings. The molecule has 0 saturated carbocycles. The van der Waals surface area contributed by atoms with E-state index in [0.29, 0.717) is 5.92 Å². The normalized spacial score (nSPS) is 24.1. The number of hydrogen-bond donors (Lipinski definition) is 2. The third-order valence-corrected chi connectivity index (χ3v) is 1.34. The number of allylic oxidation sites excluding steroid dienone is 3. The molecule has 0 aromatic carbocycles. The summed E-state index contributed by atoms with van der Waals surface area (Å²) in [6, 6.07) is 0. The Morgan fingerprint density at radius 2 is 2.44 bits per heavy atom. The minimum Gasteiger partial charge on any atom is -0.384 e. The van der Waals surface area contributed by atoms with Gasteiger partial charge in [0, 0.05) is 5.92 Å². The first-order valence-corrected chi connectivity index (χ1v) is 2.90. The van der Waals surface area contributed by atoms with Gasteiger partial charge in [0.25, 0.3) is 0 Å². The van der Waals surface area contributed by atoms with Crippen molar-refractivity contribution >= 4 is 5.84 Å². The van der Waals surface area contributed by atoms with Gasteiger partial charge in [-0.2, -0.15) is 0 Å². The molecule has 0 radical (unpaired) electrons. The molecule has 2 nitrogen and oxygen atoms in total. The second kappa shape index (κ2) is 2.05. The summed E-state index contributed by atoms with van der Waals surface area (Å²) in [5.74, 6) is 0.622. The summed E-state index contributed by atoms with van der Waals surface area (Å²) in [5.41, 5.74) is 6.46. The van der Waals surface area contributed by atoms with Crippen LogP contribution < -0.4 is 5.73 Å². The molecule has 0 saturated heterocycles. The molecule has 9 heavy (non-hydrogen) atoms. The largest absolute Gasteiger partial charge is 0.384 e. The van der Waals surface area contributed by atoms with Crippen LogP contribution in [0.5, 0.6) is 0 Å². The van der Waals surface area contributed by atoms with Crippen molar-refractivity contribution in [1.82, 2.24) is 0 Å². The van der Waals surface area contributed by atoms with Crippen LogP contribution in [-0.2, 0) is 0 Å². The molecule has 0 aromatic heterocycles. The van der Waals surface area contributed by atoms with E-state index in [1.165, 1.54) is 5.57 Å². The van der Waals surface area contributed by atoms with E-state index in [2.05, 4.69) is 13.0 Å². The summed E-state index contributed by atoms with van der Waals surface area (Å²) in [6.45, 7) is 2.06. The predicted molar refractivity (Wildman–Crippen MR) is 38.3 cm³/mol. The van der Waals surface area contributed by atoms with Crippen LogP contribution in [0.2, 0.25) is 0 Å². The highest BCUT2D eigenvalue weighted by molar-refractivity contribution is 5.88. The smallest absolute Gasteiger partial charge is 0.115 e. The number of nitrogens with two attached hydrogens (primary N) is 1. The van der Waals surface area contributed by atoms with Gasteiger partial charge in [0.2, 0.25) is 0 Å². The van der Waals surface area contributed by atoms with Crippen LogP contribution in [0.1, 0.15) is 6.92 Å². The maximum absolute atomic E-state index is 6.85. The first-order chi connectivity index (χ1) is 4.20. The molecule has 0 aliphatic heterocycles. The highest BCUT2D eigenvalue weighted by Gasteiger charge is 2.15. The number of hydrogen-bond acceptors (Lipinski definition) is 1. The number of rotatable bonds is 2. The molecule has 1 rings (SSSR count). The molecule has 0 amide bonds. The van der Waals surface area contributed by atoms with Crippen LogP contribution in [0.3, 0.4) is 0 Å². The molecule has 0 bridgehead atoms. The summed E-state index contributed by atoms with van der Waals surface area (Å²) in [6.07, 6.45) is 5.68. The van der Waals surface area contributed by atoms with E-state index in [9.17, 15) is 0 Å². The third kappa shape index (κ3) is 1.72. The van der Waals surface area contributed by atoms with E-state index in [-0.39, 0.29) is 5.84 Å². The predicted octanol–water partition coefficient (Wildman–Crippen LogP) is 1.05. The van der Waals surface area contributed by atoms with Crippen LogP contribution in [-0.4, -0.2) is 5.84 Å². The third-order valence-electron chi connectivity index (χ3n) is 1.34. The van der Waals surface area contributed by atoms with Crippen LogP contribution in [0, 0.1) is 11.3 Å². The lowest BCUT2D eigenvalue weighted by atomic mass is 10.3. The summed E-state index contributed by atoms with van der Waals surface area (Å²) in [5, 5.41) is 6.85. The van der Waals surface area contributed by atoms with Crippen LogP contribution in [0.4, 0.5) is 0 Å². The van der Waals surface area contributed by atoms with Gasteiger partial charge >= 0.3 is 0 Å². The summed E-state index contributed by atoms with van der Waals surface area (Å²) >= 11 is 0. The molecule has 48 valence electrons. The van der Waals surface area contributed by atoms with Gasteiger partial charge in [-0.05, 0) is 13.0 Å². The van der Waals surface area contributed by atoms with Gasteiger partial charge in [-0.25, -0.2) is 0 Å². The zero-order valence-electron chi connectivity index (χ0n) is 5.39. The number of nitrogens with one attached hydrogen (secondary N) is 1. The van der Waals surface area contributed by atoms with Crippen molar-refractivity contribution in [2.75, 3.05) is 0 Å². The standard InChI is InChI=1S/C7H10N2/c1-5-4-6(5)2-3-7(8)9/h2-4,6H,1H3,(H3,8,9)/b3-2+/t6-/m1/s1. The molecular weight excluding hydrogens is 112 g/mol. The van der Waals surface area contributed by atoms with Crippen molar-refractivity contribution in [1.29, 1.82) is 5.41 Å². The van der Waals surface area contributed by atoms with Crippen LogP contribution >= 0.6 is 0 Å². The van der Waals surface area contributed by atoms with Crippen molar-refractivity contribution in [2.24, 2.45) is 11.7 Å². The van der Waals surface area contributed by atoms with Crippen molar-refractivity contribution in [3.05, 3.63) is 23.8 Å². The summed E-state index contributed by atoms with van der Waals surface area (Å²) in [4.78, 5) is 0. The maximum atomic E-state index is 6.85. The van der Waals surface area contributed by atoms with E-state index in [1.54, 1.807) is 6.08 Å². The molecule has 0 spiro atoms. The first kappa shape index (κ1) is 6.08. The van der Waals surface area contributed by atoms with Crippen LogP contribution in [0.15, 0.2) is 23.8 Å². The molecule has 1 aliphatic rings. The van der Waals surface area contributed by atoms with Crippen LogP contribution in [0.25, 0.3) is 0 Å². The summed E-state index contributed by atoms with van der Waals surface area (Å²) in [7, 11) is 0. The average Bonchev–Trinajstić information content (AvgIpc) is 2.42. The Morgan fingerprint density at radius 1 is 1.89 bits per heavy atom. The second-order valence-electron chi connectivity index (χ2n) is 2.25. The minimum atomic E-state index is 0.128. The number of amidine groups is 1. The lowest BCUT2D eigenvalue weighted by molar-refractivity contribution is 1.17. The fourth-order valence-electron chi connectivity index (χ4n) is 0.650. The Labute approximate surface area is 54.6 Å². The van der Waals surface area contributed by atoms with E-state index in [1.807, 2.05) is 6.08 Å². The second-order valence-corrected chi connectivity index (χ2v) is 2.25. The molecular formula is C7H10N2. The Kier molecular flexibility index (Phi) is 1.39. The zero-order valence-corrected chi connectivity index (χ0v) is 5.39. The molecule has 0 aromatic rings. The van der Waals surface area contributed by atoms with Gasteiger partial charge in [0.15, 0.2) is 0 Å². The first-order valence-electron chi connectivity index (χ1n) is 2.90. The van der Waals surface area contributed by atoms with Crippen molar-refractivity contribution in [3.8, 4) is 0 Å². The van der Waals surface area contributed by atoms with E-state index < -0.39 is 0 Å². The highest BCUT2D eigenvalue weighted by Crippen LogP contribution is 2.28. The van der Waals surface area contributed by atoms with Gasteiger partial charge in [-0.1, -0.05) is 17.7 Å². The fraction of sp³-hybridized carbons (Fsp3) is 0.286. The topological polar surface area (TPSA) is 49.9 Å². The van der Waals surface area contributed by atoms with E-state index >= 15 is 0 Å². The maximum Gasteiger partial charge on any atom is 0.115 e. The quantitative estimate of drug-likeness (QED) is 0.321. The minimum absolute atomic E-state index is 0.128. The van der Waals surface area contributed by atoms with Gasteiger partial charge in [0.1, 0.15) is 5.84 Å². The molecule has 2 heteroatoms. The van der Waals surface area contributed by atoms with E-state index in [4.69, 9.17) is 11.1 Å². The average molecular weight is 122 g/mol. The molecule has 0 unspecified atom stereocenters. The van der Waals surface area contributed by atoms with Gasteiger partial charge in [-0.3, -0.25) is 5.41 Å². The lowest BCUT2D eigenvalue weighted by Crippen LogP contribution is -2.04. The van der Waals surface area contributed by atoms with Crippen molar-refractivity contribution < 1.29 is 0 Å². The molecule has 0 heterocycles. The van der Waals surface area contributed by atoms with Gasteiger partial charge < -0.3 is 5.73 Å².